The molecular formula is C50H45NS2. The van der Waals surface area contributed by atoms with E-state index in [0.29, 0.717) is 0 Å². The molecule has 1 heterocycles. The lowest BCUT2D eigenvalue weighted by atomic mass is 9.59. The maximum absolute atomic E-state index is 4.70. The lowest BCUT2D eigenvalue weighted by Crippen LogP contribution is -2.37. The molecule has 0 N–H and O–H groups in total. The standard InChI is InChI=1S/C50H45NS2/c1-7-12-20-39(10-4)50(40-21-14-13-15-22-40)43-30-31-47-49(53-46-25-17-16-24-45(46)52-47)42(43)32-38-29-28-37(33-44(38)50)34(6)26-27-35(8-2)41-23-18-19-36(9-3)48(41)51-11-5/h7-16,18-24,26-31,33H,2-4,17,25,32H2,1,5-6H3/b12-7-,34-26+,35-27+,39-20+,51-11?. The molecule has 1 atom stereocenters. The molecule has 2 aliphatic carbocycles. The van der Waals surface area contributed by atoms with E-state index in [1.807, 2.05) is 60.9 Å². The highest BCUT2D eigenvalue weighted by molar-refractivity contribution is 8.09. The van der Waals surface area contributed by atoms with Crippen molar-refractivity contribution in [3.8, 4) is 0 Å². The lowest BCUT2D eigenvalue weighted by Gasteiger charge is -2.44. The molecule has 1 nitrogen and oxygen atoms in total. The molecule has 3 aliphatic rings. The van der Waals surface area contributed by atoms with Gasteiger partial charge in [-0.3, -0.25) is 4.99 Å². The highest BCUT2D eigenvalue weighted by Crippen LogP contribution is 2.58. The van der Waals surface area contributed by atoms with Gasteiger partial charge < -0.3 is 0 Å². The first-order valence-electron chi connectivity index (χ1n) is 18.3. The number of aliphatic imine (C=N–C) groups is 1. The molecule has 1 aliphatic heterocycles. The quantitative estimate of drug-likeness (QED) is 0.119. The Bertz CT molecular complexity index is 2340. The molecule has 7 rings (SSSR count). The summed E-state index contributed by atoms with van der Waals surface area (Å²) >= 11 is 3.93. The maximum atomic E-state index is 4.70. The minimum Gasteiger partial charge on any atom is -0.260 e. The van der Waals surface area contributed by atoms with Gasteiger partial charge in [0.1, 0.15) is 0 Å². The summed E-state index contributed by atoms with van der Waals surface area (Å²) in [6.45, 7) is 18.9. The maximum Gasteiger partial charge on any atom is 0.0775 e. The van der Waals surface area contributed by atoms with E-state index in [-0.39, 0.29) is 0 Å². The average Bonchev–Trinajstić information content (AvgIpc) is 3.20. The van der Waals surface area contributed by atoms with Crippen molar-refractivity contribution < 1.29 is 0 Å². The van der Waals surface area contributed by atoms with Gasteiger partial charge in [-0.2, -0.15) is 0 Å². The first-order chi connectivity index (χ1) is 26.0. The molecule has 0 amide bonds. The van der Waals surface area contributed by atoms with Gasteiger partial charge in [0.15, 0.2) is 0 Å². The molecule has 53 heavy (non-hydrogen) atoms. The zero-order chi connectivity index (χ0) is 37.0. The zero-order valence-electron chi connectivity index (χ0n) is 30.9. The number of rotatable bonds is 10. The number of thioether (sulfide) groups is 2. The molecule has 0 saturated carbocycles. The Morgan fingerprint density at radius 3 is 2.45 bits per heavy atom. The third-order valence-electron chi connectivity index (χ3n) is 10.4. The van der Waals surface area contributed by atoms with E-state index >= 15 is 0 Å². The molecule has 0 radical (unpaired) electrons. The van der Waals surface area contributed by atoms with Crippen LogP contribution in [0.15, 0.2) is 183 Å². The fraction of sp³-hybridized carbons (Fsp3) is 0.140. The number of nitrogens with zero attached hydrogens (tertiary/aromatic N) is 1. The summed E-state index contributed by atoms with van der Waals surface area (Å²) < 4.78 is 0. The number of para-hydroxylation sites is 1. The van der Waals surface area contributed by atoms with Gasteiger partial charge in [0.25, 0.3) is 0 Å². The summed E-state index contributed by atoms with van der Waals surface area (Å²) in [7, 11) is 0. The Kier molecular flexibility index (Phi) is 10.9. The Morgan fingerprint density at radius 2 is 1.70 bits per heavy atom. The highest BCUT2D eigenvalue weighted by atomic mass is 32.2. The summed E-state index contributed by atoms with van der Waals surface area (Å²) in [6.07, 6.45) is 26.3. The van der Waals surface area contributed by atoms with Gasteiger partial charge >= 0.3 is 0 Å². The Balaban J connectivity index is 1.44. The van der Waals surface area contributed by atoms with E-state index < -0.39 is 5.41 Å². The van der Waals surface area contributed by atoms with Crippen molar-refractivity contribution in [3.05, 3.63) is 213 Å². The van der Waals surface area contributed by atoms with Crippen LogP contribution in [-0.4, -0.2) is 6.21 Å². The molecular weight excluding hydrogens is 679 g/mol. The smallest absolute Gasteiger partial charge is 0.0775 e. The van der Waals surface area contributed by atoms with Crippen molar-refractivity contribution in [2.75, 3.05) is 0 Å². The fourth-order valence-electron chi connectivity index (χ4n) is 7.87. The number of benzene rings is 4. The minimum absolute atomic E-state index is 0.566. The summed E-state index contributed by atoms with van der Waals surface area (Å²) in [4.78, 5) is 10.4. The van der Waals surface area contributed by atoms with Crippen LogP contribution < -0.4 is 0 Å². The van der Waals surface area contributed by atoms with Crippen LogP contribution in [0.4, 0.5) is 5.69 Å². The summed E-state index contributed by atoms with van der Waals surface area (Å²) in [5.41, 5.74) is 13.5. The Morgan fingerprint density at radius 1 is 0.849 bits per heavy atom. The van der Waals surface area contributed by atoms with Crippen molar-refractivity contribution >= 4 is 52.6 Å². The second-order valence-electron chi connectivity index (χ2n) is 13.4. The molecule has 0 aromatic heterocycles. The fourth-order valence-corrected chi connectivity index (χ4v) is 10.5. The second kappa shape index (κ2) is 15.9. The van der Waals surface area contributed by atoms with Crippen LogP contribution in [0.2, 0.25) is 0 Å². The normalized spacial score (nSPS) is 18.4. The van der Waals surface area contributed by atoms with E-state index in [1.54, 1.807) is 0 Å². The predicted molar refractivity (Wildman–Crippen MR) is 234 cm³/mol. The van der Waals surface area contributed by atoms with Crippen LogP contribution >= 0.6 is 23.5 Å². The second-order valence-corrected chi connectivity index (χ2v) is 15.6. The van der Waals surface area contributed by atoms with Crippen molar-refractivity contribution in [1.29, 1.82) is 0 Å². The van der Waals surface area contributed by atoms with Crippen molar-refractivity contribution in [3.63, 3.8) is 0 Å². The third kappa shape index (κ3) is 6.58. The summed E-state index contributed by atoms with van der Waals surface area (Å²) in [5, 5.41) is 0. The topological polar surface area (TPSA) is 12.4 Å². The third-order valence-corrected chi connectivity index (χ3v) is 13.2. The van der Waals surface area contributed by atoms with Crippen LogP contribution in [0.25, 0.3) is 17.2 Å². The molecule has 0 bridgehead atoms. The van der Waals surface area contributed by atoms with Crippen LogP contribution in [0, 0.1) is 0 Å². The molecule has 4 aromatic rings. The number of fused-ring (bicyclic) bond motifs is 4. The van der Waals surface area contributed by atoms with Gasteiger partial charge in [0.05, 0.1) is 11.1 Å². The number of hydrogen-bond donors (Lipinski definition) is 0. The van der Waals surface area contributed by atoms with Gasteiger partial charge in [-0.25, -0.2) is 0 Å². The Hall–Kier alpha value is -5.09. The van der Waals surface area contributed by atoms with Crippen molar-refractivity contribution in [2.45, 2.75) is 55.2 Å². The molecule has 0 spiro atoms. The van der Waals surface area contributed by atoms with E-state index in [9.17, 15) is 0 Å². The van der Waals surface area contributed by atoms with Gasteiger partial charge in [-0.05, 0) is 102 Å². The van der Waals surface area contributed by atoms with Gasteiger partial charge in [-0.1, -0.05) is 171 Å². The summed E-state index contributed by atoms with van der Waals surface area (Å²) in [5.74, 6) is 0. The van der Waals surface area contributed by atoms with Gasteiger partial charge in [0.2, 0.25) is 0 Å². The molecule has 1 unspecified atom stereocenters. The highest BCUT2D eigenvalue weighted by Gasteiger charge is 2.45. The zero-order valence-corrected chi connectivity index (χ0v) is 32.5. The molecule has 4 aromatic carbocycles. The van der Waals surface area contributed by atoms with Crippen LogP contribution in [0.1, 0.15) is 78.1 Å². The van der Waals surface area contributed by atoms with Crippen molar-refractivity contribution in [2.24, 2.45) is 4.99 Å². The lowest BCUT2D eigenvalue weighted by molar-refractivity contribution is 0.691. The van der Waals surface area contributed by atoms with E-state index in [0.717, 1.165) is 47.2 Å². The van der Waals surface area contributed by atoms with Crippen LogP contribution in [0.5, 0.6) is 0 Å². The summed E-state index contributed by atoms with van der Waals surface area (Å²) in [6, 6.07) is 29.1. The van der Waals surface area contributed by atoms with Gasteiger partial charge in [0, 0.05) is 36.9 Å². The molecule has 0 fully saturated rings. The first kappa shape index (κ1) is 36.3. The van der Waals surface area contributed by atoms with E-state index in [1.165, 1.54) is 58.6 Å². The monoisotopic (exact) mass is 723 g/mol. The van der Waals surface area contributed by atoms with Crippen molar-refractivity contribution in [1.82, 2.24) is 0 Å². The van der Waals surface area contributed by atoms with Gasteiger partial charge in [-0.15, -0.1) is 0 Å². The van der Waals surface area contributed by atoms with Crippen LogP contribution in [0.3, 0.4) is 0 Å². The largest absolute Gasteiger partial charge is 0.260 e. The van der Waals surface area contributed by atoms with Crippen LogP contribution in [-0.2, 0) is 11.8 Å². The number of allylic oxidation sites excluding steroid dienone is 13. The van der Waals surface area contributed by atoms with E-state index in [4.69, 9.17) is 4.99 Å². The molecule has 0 saturated heterocycles. The minimum atomic E-state index is -0.566. The molecule has 3 heteroatoms. The molecule has 262 valence electrons. The predicted octanol–water partition coefficient (Wildman–Crippen LogP) is 14.4. The SMILES string of the molecule is C=C/C(=C\C=C(/C)c1ccc2c(c1)C(/C(C=C)=C/C=C\C)(c1ccccc1)c1ccc3c(c1C2)SC1=C(C=CCC1)S3)c1cccc(C=C)c1N=CC. The average molecular weight is 724 g/mol. The number of hydrogen-bond acceptors (Lipinski definition) is 3. The van der Waals surface area contributed by atoms with E-state index in [2.05, 4.69) is 149 Å². The first-order valence-corrected chi connectivity index (χ1v) is 19.9. The Labute approximate surface area is 324 Å².